The van der Waals surface area contributed by atoms with E-state index >= 15 is 0 Å². The third-order valence-electron chi connectivity index (χ3n) is 4.93. The topological polar surface area (TPSA) is 86.6 Å². The Morgan fingerprint density at radius 1 is 0.750 bits per heavy atom. The van der Waals surface area contributed by atoms with Crippen LogP contribution in [0.1, 0.15) is 17.2 Å². The van der Waals surface area contributed by atoms with Gasteiger partial charge in [-0.2, -0.15) is 0 Å². The van der Waals surface area contributed by atoms with E-state index in [9.17, 15) is 10.2 Å². The molecule has 0 radical (unpaired) electrons. The molecule has 32 heavy (non-hydrogen) atoms. The third kappa shape index (κ3) is 5.43. The van der Waals surface area contributed by atoms with E-state index in [0.717, 1.165) is 5.56 Å². The van der Waals surface area contributed by atoms with Crippen molar-refractivity contribution in [2.24, 2.45) is 0 Å². The normalized spacial score (nSPS) is 12.5. The molecule has 3 aromatic rings. The maximum atomic E-state index is 11.0. The number of aliphatic hydroxyl groups excluding tert-OH is 2. The number of ether oxygens (including phenoxy) is 5. The van der Waals surface area contributed by atoms with Crippen molar-refractivity contribution in [1.82, 2.24) is 0 Å². The first-order chi connectivity index (χ1) is 15.6. The monoisotopic (exact) mass is 440 g/mol. The molecule has 0 aliphatic heterocycles. The van der Waals surface area contributed by atoms with Crippen LogP contribution in [0.4, 0.5) is 0 Å². The summed E-state index contributed by atoms with van der Waals surface area (Å²) >= 11 is 0. The summed E-state index contributed by atoms with van der Waals surface area (Å²) in [6.45, 7) is -0.0955. The van der Waals surface area contributed by atoms with Crippen molar-refractivity contribution in [3.8, 4) is 28.7 Å². The Morgan fingerprint density at radius 3 is 1.88 bits per heavy atom. The zero-order chi connectivity index (χ0) is 22.9. The molecule has 3 aromatic carbocycles. The number of hydrogen-bond acceptors (Lipinski definition) is 7. The summed E-state index contributed by atoms with van der Waals surface area (Å²) in [5.41, 5.74) is 1.44. The Hall–Kier alpha value is -3.42. The lowest BCUT2D eigenvalue weighted by atomic mass is 10.0. The van der Waals surface area contributed by atoms with Crippen LogP contribution >= 0.6 is 0 Å². The van der Waals surface area contributed by atoms with Crippen LogP contribution in [0.25, 0.3) is 0 Å². The maximum Gasteiger partial charge on any atom is 0.203 e. The highest BCUT2D eigenvalue weighted by molar-refractivity contribution is 5.54. The van der Waals surface area contributed by atoms with Gasteiger partial charge in [-0.25, -0.2) is 0 Å². The number of para-hydroxylation sites is 2. The first-order valence-corrected chi connectivity index (χ1v) is 10.1. The highest BCUT2D eigenvalue weighted by Gasteiger charge is 2.26. The number of aliphatic hydroxyl groups is 2. The molecule has 0 saturated carbocycles. The maximum absolute atomic E-state index is 11.0. The molecular formula is C25H28O7. The molecule has 0 spiro atoms. The first kappa shape index (κ1) is 23.2. The molecule has 2 atom stereocenters. The molecular weight excluding hydrogens is 412 g/mol. The highest BCUT2D eigenvalue weighted by atomic mass is 16.5. The molecule has 2 N–H and O–H groups in total. The van der Waals surface area contributed by atoms with Gasteiger partial charge in [0.25, 0.3) is 0 Å². The smallest absolute Gasteiger partial charge is 0.203 e. The van der Waals surface area contributed by atoms with E-state index in [1.165, 1.54) is 21.3 Å². The second-order valence-electron chi connectivity index (χ2n) is 6.96. The van der Waals surface area contributed by atoms with Gasteiger partial charge in [-0.3, -0.25) is 0 Å². The molecule has 0 aliphatic rings. The summed E-state index contributed by atoms with van der Waals surface area (Å²) in [4.78, 5) is 0. The Balaban J connectivity index is 1.85. The minimum atomic E-state index is -1.17. The molecule has 170 valence electrons. The van der Waals surface area contributed by atoms with Crippen LogP contribution in [0, 0.1) is 0 Å². The molecule has 0 amide bonds. The molecule has 7 heteroatoms. The van der Waals surface area contributed by atoms with Crippen LogP contribution in [-0.4, -0.2) is 44.3 Å². The van der Waals surface area contributed by atoms with Crippen LogP contribution in [0.15, 0.2) is 66.7 Å². The second kappa shape index (κ2) is 11.3. The molecule has 0 saturated heterocycles. The van der Waals surface area contributed by atoms with Crippen molar-refractivity contribution in [2.75, 3.05) is 27.9 Å². The fraction of sp³-hybridized carbons (Fsp3) is 0.280. The predicted octanol–water partition coefficient (Wildman–Crippen LogP) is 3.76. The van der Waals surface area contributed by atoms with E-state index < -0.39 is 18.8 Å². The molecule has 0 heterocycles. The van der Waals surface area contributed by atoms with E-state index in [4.69, 9.17) is 23.7 Å². The second-order valence-corrected chi connectivity index (χ2v) is 6.96. The zero-order valence-electron chi connectivity index (χ0n) is 18.4. The molecule has 0 bridgehead atoms. The van der Waals surface area contributed by atoms with Crippen LogP contribution < -0.4 is 23.7 Å². The van der Waals surface area contributed by atoms with Crippen LogP contribution in [0.5, 0.6) is 28.7 Å². The number of methoxy groups -OCH3 is 3. The summed E-state index contributed by atoms with van der Waals surface area (Å²) in [5.74, 6) is 2.11. The van der Waals surface area contributed by atoms with Crippen LogP contribution in [0.2, 0.25) is 0 Å². The predicted molar refractivity (Wildman–Crippen MR) is 120 cm³/mol. The Kier molecular flexibility index (Phi) is 8.19. The summed E-state index contributed by atoms with van der Waals surface area (Å²) in [6, 6.07) is 20.0. The lowest BCUT2D eigenvalue weighted by Crippen LogP contribution is -2.29. The van der Waals surface area contributed by atoms with Crippen molar-refractivity contribution in [1.29, 1.82) is 0 Å². The van der Waals surface area contributed by atoms with E-state index in [2.05, 4.69) is 0 Å². The molecule has 3 rings (SSSR count). The average Bonchev–Trinajstić information content (AvgIpc) is 2.85. The van der Waals surface area contributed by atoms with Gasteiger partial charge < -0.3 is 33.9 Å². The number of hydrogen-bond donors (Lipinski definition) is 2. The highest BCUT2D eigenvalue weighted by Crippen LogP contribution is 2.41. The van der Waals surface area contributed by atoms with Crippen molar-refractivity contribution in [3.63, 3.8) is 0 Å². The molecule has 0 aromatic heterocycles. The molecule has 0 aliphatic carbocycles. The molecule has 0 fully saturated rings. The Bertz CT molecular complexity index is 966. The Morgan fingerprint density at radius 2 is 1.31 bits per heavy atom. The summed E-state index contributed by atoms with van der Waals surface area (Å²) in [5, 5.41) is 20.9. The van der Waals surface area contributed by atoms with Crippen LogP contribution in [-0.2, 0) is 6.61 Å². The number of rotatable bonds is 11. The van der Waals surface area contributed by atoms with Gasteiger partial charge >= 0.3 is 0 Å². The summed E-state index contributed by atoms with van der Waals surface area (Å²) in [7, 11) is 4.54. The van der Waals surface area contributed by atoms with Crippen molar-refractivity contribution in [2.45, 2.75) is 18.8 Å². The van der Waals surface area contributed by atoms with Gasteiger partial charge in [-0.05, 0) is 35.4 Å². The van der Waals surface area contributed by atoms with Crippen molar-refractivity contribution >= 4 is 0 Å². The fourth-order valence-corrected chi connectivity index (χ4v) is 3.24. The van der Waals surface area contributed by atoms with Gasteiger partial charge in [-0.15, -0.1) is 0 Å². The van der Waals surface area contributed by atoms with Gasteiger partial charge in [0.1, 0.15) is 12.7 Å². The van der Waals surface area contributed by atoms with Gasteiger partial charge in [0.05, 0.1) is 27.9 Å². The fourth-order valence-electron chi connectivity index (χ4n) is 3.24. The largest absolute Gasteiger partial charge is 0.493 e. The third-order valence-corrected chi connectivity index (χ3v) is 4.93. The zero-order valence-corrected chi connectivity index (χ0v) is 18.4. The van der Waals surface area contributed by atoms with E-state index in [-0.39, 0.29) is 0 Å². The minimum absolute atomic E-state index is 0.325. The Labute approximate surface area is 187 Å². The lowest BCUT2D eigenvalue weighted by molar-refractivity contribution is -0.000624. The lowest BCUT2D eigenvalue weighted by Gasteiger charge is -2.25. The van der Waals surface area contributed by atoms with E-state index in [0.29, 0.717) is 40.9 Å². The molecule has 0 unspecified atom stereocenters. The minimum Gasteiger partial charge on any atom is -0.493 e. The van der Waals surface area contributed by atoms with Gasteiger partial charge in [0.2, 0.25) is 5.75 Å². The SMILES string of the molecule is COc1ccccc1O[C@H](CO)[C@H](O)c1cc(OC)c(OCc2ccccc2)c(OC)c1. The average molecular weight is 440 g/mol. The first-order valence-electron chi connectivity index (χ1n) is 10.1. The number of benzene rings is 3. The van der Waals surface area contributed by atoms with Gasteiger partial charge in [0, 0.05) is 0 Å². The van der Waals surface area contributed by atoms with Gasteiger partial charge in [-0.1, -0.05) is 42.5 Å². The molecule has 7 nitrogen and oxygen atoms in total. The van der Waals surface area contributed by atoms with Crippen molar-refractivity contribution < 1.29 is 33.9 Å². The van der Waals surface area contributed by atoms with Gasteiger partial charge in [0.15, 0.2) is 29.1 Å². The van der Waals surface area contributed by atoms with E-state index in [1.807, 2.05) is 30.3 Å². The standard InChI is InChI=1S/C25H28O7/c1-28-19-11-7-8-12-20(19)32-23(15-26)24(27)18-13-21(29-2)25(22(14-18)30-3)31-16-17-9-5-4-6-10-17/h4-14,23-24,26-27H,15-16H2,1-3H3/t23-,24-/m1/s1. The summed E-state index contributed by atoms with van der Waals surface area (Å²) in [6.07, 6.45) is -2.12. The van der Waals surface area contributed by atoms with Crippen molar-refractivity contribution in [3.05, 3.63) is 77.9 Å². The quantitative estimate of drug-likeness (QED) is 0.469. The van der Waals surface area contributed by atoms with Crippen LogP contribution in [0.3, 0.4) is 0 Å². The summed E-state index contributed by atoms with van der Waals surface area (Å²) < 4.78 is 28.1. The van der Waals surface area contributed by atoms with E-state index in [1.54, 1.807) is 36.4 Å².